The molecule has 79 heavy (non-hydrogen) atoms. The van der Waals surface area contributed by atoms with Crippen molar-refractivity contribution >= 4 is 11.9 Å². The van der Waals surface area contributed by atoms with Crippen LogP contribution in [0.25, 0.3) is 0 Å². The van der Waals surface area contributed by atoms with E-state index in [0.717, 1.165) is 38.5 Å². The molecule has 0 aliphatic heterocycles. The third kappa shape index (κ3) is 65.9. The van der Waals surface area contributed by atoms with Crippen molar-refractivity contribution in [3.63, 3.8) is 0 Å². The Bertz CT molecular complexity index is 1150. The van der Waals surface area contributed by atoms with E-state index >= 15 is 0 Å². The molecule has 0 spiro atoms. The molecule has 0 heterocycles. The zero-order chi connectivity index (χ0) is 57.1. The molecular formula is C73H145NO5. The number of unbranched alkanes of at least 4 members (excludes halogenated alkanes) is 59. The van der Waals surface area contributed by atoms with E-state index in [9.17, 15) is 19.8 Å². The summed E-state index contributed by atoms with van der Waals surface area (Å²) in [6.45, 7) is 5.01. The van der Waals surface area contributed by atoms with E-state index in [1.54, 1.807) is 0 Å². The highest BCUT2D eigenvalue weighted by Crippen LogP contribution is 2.20. The molecule has 0 aliphatic carbocycles. The van der Waals surface area contributed by atoms with Crippen molar-refractivity contribution in [2.75, 3.05) is 13.2 Å². The fraction of sp³-hybridized carbons (Fsp3) is 0.973. The zero-order valence-electron chi connectivity index (χ0n) is 54.2. The Morgan fingerprint density at radius 2 is 0.519 bits per heavy atom. The van der Waals surface area contributed by atoms with Gasteiger partial charge < -0.3 is 20.3 Å². The van der Waals surface area contributed by atoms with Gasteiger partial charge in [-0.15, -0.1) is 0 Å². The number of rotatable bonds is 70. The van der Waals surface area contributed by atoms with Crippen molar-refractivity contribution in [1.29, 1.82) is 0 Å². The van der Waals surface area contributed by atoms with Crippen LogP contribution in [0.2, 0.25) is 0 Å². The second-order valence-electron chi connectivity index (χ2n) is 25.6. The van der Waals surface area contributed by atoms with Crippen molar-refractivity contribution in [2.24, 2.45) is 0 Å². The van der Waals surface area contributed by atoms with Gasteiger partial charge in [0.1, 0.15) is 0 Å². The number of esters is 1. The molecule has 2 unspecified atom stereocenters. The second-order valence-corrected chi connectivity index (χ2v) is 25.6. The molecule has 0 bridgehead atoms. The molecule has 0 saturated carbocycles. The van der Waals surface area contributed by atoms with Crippen LogP contribution in [-0.2, 0) is 14.3 Å². The minimum Gasteiger partial charge on any atom is -0.466 e. The van der Waals surface area contributed by atoms with Gasteiger partial charge in [0.2, 0.25) is 5.91 Å². The van der Waals surface area contributed by atoms with Crippen LogP contribution in [0, 0.1) is 0 Å². The number of amides is 1. The summed E-state index contributed by atoms with van der Waals surface area (Å²) in [6.07, 6.45) is 84.4. The first kappa shape index (κ1) is 77.9. The fourth-order valence-electron chi connectivity index (χ4n) is 12.1. The van der Waals surface area contributed by atoms with Crippen LogP contribution in [0.3, 0.4) is 0 Å². The maximum absolute atomic E-state index is 12.6. The number of hydrogen-bond donors (Lipinski definition) is 3. The summed E-state index contributed by atoms with van der Waals surface area (Å²) in [7, 11) is 0. The minimum atomic E-state index is -0.664. The van der Waals surface area contributed by atoms with E-state index in [1.807, 2.05) is 0 Å². The molecule has 0 fully saturated rings. The van der Waals surface area contributed by atoms with Crippen LogP contribution in [0.4, 0.5) is 0 Å². The number of nitrogens with one attached hydrogen (secondary N) is 1. The normalized spacial score (nSPS) is 12.4. The molecule has 0 aromatic carbocycles. The predicted molar refractivity (Wildman–Crippen MR) is 347 cm³/mol. The van der Waals surface area contributed by atoms with Gasteiger partial charge in [0.15, 0.2) is 0 Å². The first-order valence-electron chi connectivity index (χ1n) is 36.8. The van der Waals surface area contributed by atoms with E-state index in [1.165, 1.54) is 360 Å². The van der Waals surface area contributed by atoms with Crippen molar-refractivity contribution < 1.29 is 24.5 Å². The highest BCUT2D eigenvalue weighted by molar-refractivity contribution is 5.76. The Morgan fingerprint density at radius 1 is 0.304 bits per heavy atom. The lowest BCUT2D eigenvalue weighted by Gasteiger charge is -2.22. The zero-order valence-corrected chi connectivity index (χ0v) is 54.2. The number of carbonyl (C=O) groups is 2. The van der Waals surface area contributed by atoms with Gasteiger partial charge in [-0.05, 0) is 25.7 Å². The van der Waals surface area contributed by atoms with E-state index in [2.05, 4.69) is 19.2 Å². The molecule has 0 radical (unpaired) electrons. The number of aliphatic hydroxyl groups excluding tert-OH is 2. The van der Waals surface area contributed by atoms with Gasteiger partial charge in [-0.3, -0.25) is 9.59 Å². The number of hydrogen-bond acceptors (Lipinski definition) is 5. The van der Waals surface area contributed by atoms with Gasteiger partial charge >= 0.3 is 5.97 Å². The minimum absolute atomic E-state index is 0.0184. The molecule has 0 aliphatic rings. The first-order valence-corrected chi connectivity index (χ1v) is 36.8. The largest absolute Gasteiger partial charge is 0.466 e. The molecule has 1 amide bonds. The Balaban J connectivity index is 3.36. The number of ether oxygens (including phenoxy) is 1. The van der Waals surface area contributed by atoms with E-state index in [0.29, 0.717) is 25.9 Å². The molecule has 2 atom stereocenters. The highest BCUT2D eigenvalue weighted by atomic mass is 16.5. The topological polar surface area (TPSA) is 95.9 Å². The summed E-state index contributed by atoms with van der Waals surface area (Å²) < 4.78 is 5.50. The third-order valence-corrected chi connectivity index (χ3v) is 17.7. The Morgan fingerprint density at radius 3 is 0.772 bits per heavy atom. The number of aliphatic hydroxyl groups is 2. The monoisotopic (exact) mass is 1120 g/mol. The first-order chi connectivity index (χ1) is 39.0. The van der Waals surface area contributed by atoms with Crippen molar-refractivity contribution in [2.45, 2.75) is 443 Å². The molecule has 6 nitrogen and oxygen atoms in total. The highest BCUT2D eigenvalue weighted by Gasteiger charge is 2.20. The molecule has 0 rings (SSSR count). The van der Waals surface area contributed by atoms with Gasteiger partial charge in [0, 0.05) is 12.8 Å². The molecule has 0 aromatic rings. The van der Waals surface area contributed by atoms with Gasteiger partial charge in [-0.1, -0.05) is 393 Å². The maximum Gasteiger partial charge on any atom is 0.305 e. The maximum atomic E-state index is 12.6. The summed E-state index contributed by atoms with van der Waals surface area (Å²) >= 11 is 0. The van der Waals surface area contributed by atoms with E-state index in [4.69, 9.17) is 4.74 Å². The Labute approximate surface area is 496 Å². The predicted octanol–water partition coefficient (Wildman–Crippen LogP) is 23.8. The summed E-state index contributed by atoms with van der Waals surface area (Å²) in [5.41, 5.74) is 0. The van der Waals surface area contributed by atoms with Crippen LogP contribution >= 0.6 is 0 Å². The lowest BCUT2D eigenvalue weighted by atomic mass is 10.0. The van der Waals surface area contributed by atoms with Crippen LogP contribution in [0.15, 0.2) is 0 Å². The standard InChI is InChI=1S/C73H145NO5/c1-3-5-7-9-11-13-15-17-19-20-21-22-23-24-26-29-32-35-38-41-45-49-53-57-61-65-71(76)70(69-75)74-72(77)66-62-58-54-50-46-42-39-36-33-30-27-25-28-31-34-37-40-44-48-52-56-60-64-68-79-73(78)67-63-59-55-51-47-43-18-16-14-12-10-8-6-4-2/h70-71,75-76H,3-69H2,1-2H3,(H,74,77). The fourth-order valence-corrected chi connectivity index (χ4v) is 12.1. The average molecular weight is 1120 g/mol. The van der Waals surface area contributed by atoms with Gasteiger partial charge in [-0.25, -0.2) is 0 Å². The Kier molecular flexibility index (Phi) is 68.4. The Hall–Kier alpha value is -1.14. The summed E-state index contributed by atoms with van der Waals surface area (Å²) in [4.78, 5) is 24.6. The van der Waals surface area contributed by atoms with Gasteiger partial charge in [0.05, 0.1) is 25.4 Å². The van der Waals surface area contributed by atoms with Crippen molar-refractivity contribution in [1.82, 2.24) is 5.32 Å². The molecule has 6 heteroatoms. The van der Waals surface area contributed by atoms with Crippen LogP contribution < -0.4 is 5.32 Å². The second kappa shape index (κ2) is 69.4. The van der Waals surface area contributed by atoms with Crippen LogP contribution in [0.1, 0.15) is 431 Å². The summed E-state index contributed by atoms with van der Waals surface area (Å²) in [6, 6.07) is -0.541. The number of carbonyl (C=O) groups excluding carboxylic acids is 2. The van der Waals surface area contributed by atoms with Gasteiger partial charge in [-0.2, -0.15) is 0 Å². The summed E-state index contributed by atoms with van der Waals surface area (Å²) in [5.74, 6) is -0.00973. The van der Waals surface area contributed by atoms with E-state index in [-0.39, 0.29) is 18.5 Å². The quantitative estimate of drug-likeness (QED) is 0.0417. The molecule has 0 saturated heterocycles. The van der Waals surface area contributed by atoms with Crippen LogP contribution in [-0.4, -0.2) is 47.4 Å². The lowest BCUT2D eigenvalue weighted by Crippen LogP contribution is -2.45. The lowest BCUT2D eigenvalue weighted by molar-refractivity contribution is -0.143. The van der Waals surface area contributed by atoms with Gasteiger partial charge in [0.25, 0.3) is 0 Å². The third-order valence-electron chi connectivity index (χ3n) is 17.7. The molecule has 0 aromatic heterocycles. The average Bonchev–Trinajstić information content (AvgIpc) is 3.45. The molecule has 472 valence electrons. The van der Waals surface area contributed by atoms with Crippen LogP contribution in [0.5, 0.6) is 0 Å². The molecular weight excluding hydrogens is 971 g/mol. The SMILES string of the molecule is CCCCCCCCCCCCCCCCCCCCCCCCCCCC(O)C(CO)NC(=O)CCCCCCCCCCCCCCCCCCCCCCCCCOC(=O)CCCCCCCCCCCCCCCC. The van der Waals surface area contributed by atoms with E-state index < -0.39 is 12.1 Å². The molecule has 3 N–H and O–H groups in total. The smallest absolute Gasteiger partial charge is 0.305 e. The summed E-state index contributed by atoms with van der Waals surface area (Å²) in [5, 5.41) is 23.5. The van der Waals surface area contributed by atoms with Crippen molar-refractivity contribution in [3.8, 4) is 0 Å². The van der Waals surface area contributed by atoms with Crippen molar-refractivity contribution in [3.05, 3.63) is 0 Å².